The zero-order valence-corrected chi connectivity index (χ0v) is 29.3. The molecule has 5 aromatic rings. The van der Waals surface area contributed by atoms with Gasteiger partial charge in [0.25, 0.3) is 0 Å². The van der Waals surface area contributed by atoms with E-state index in [4.69, 9.17) is 4.42 Å². The lowest BCUT2D eigenvalue weighted by Crippen LogP contribution is -2.28. The van der Waals surface area contributed by atoms with Crippen LogP contribution in [-0.2, 0) is 0 Å². The van der Waals surface area contributed by atoms with Gasteiger partial charge < -0.3 is 14.8 Å². The molecule has 2 heterocycles. The molecule has 260 valence electrons. The van der Waals surface area contributed by atoms with E-state index in [1.807, 2.05) is 91.1 Å². The van der Waals surface area contributed by atoms with Crippen molar-refractivity contribution in [3.05, 3.63) is 112 Å². The summed E-state index contributed by atoms with van der Waals surface area (Å²) in [4.78, 5) is 24.8. The molecule has 0 radical (unpaired) electrons. The maximum Gasteiger partial charge on any atom is 0.393 e. The fraction of sp³-hybridized carbons (Fsp3) is 0.342. The summed E-state index contributed by atoms with van der Waals surface area (Å²) in [5.74, 6) is -0.604. The van der Waals surface area contributed by atoms with E-state index in [9.17, 15) is 27.9 Å². The van der Waals surface area contributed by atoms with Crippen molar-refractivity contribution in [2.75, 3.05) is 5.32 Å². The lowest BCUT2D eigenvalue weighted by Gasteiger charge is -2.21. The number of carboxylic acids is 1. The lowest BCUT2D eigenvalue weighted by atomic mass is 9.96. The van der Waals surface area contributed by atoms with Gasteiger partial charge in [-0.15, -0.1) is 0 Å². The lowest BCUT2D eigenvalue weighted by molar-refractivity contribution is -0.204. The van der Waals surface area contributed by atoms with Gasteiger partial charge in [0.2, 0.25) is 0 Å². The molecule has 0 aliphatic rings. The minimum Gasteiger partial charge on any atom is -0.478 e. The van der Waals surface area contributed by atoms with Crippen LogP contribution in [0, 0.1) is 19.3 Å². The highest BCUT2D eigenvalue weighted by Crippen LogP contribution is 2.36. The highest BCUT2D eigenvalue weighted by Gasteiger charge is 2.42. The number of aromatic nitrogens is 2. The molecule has 0 saturated heterocycles. The van der Waals surface area contributed by atoms with Gasteiger partial charge in [-0.25, -0.2) is 9.48 Å². The van der Waals surface area contributed by atoms with Gasteiger partial charge in [0.15, 0.2) is 5.43 Å². The number of aryl methyl sites for hydroxylation is 2. The highest BCUT2D eigenvalue weighted by atomic mass is 19.4. The Kier molecular flexibility index (Phi) is 13.8. The topological polar surface area (TPSA) is 97.4 Å². The minimum atomic E-state index is -4.06. The van der Waals surface area contributed by atoms with E-state index in [-0.39, 0.29) is 18.5 Å². The average Bonchev–Trinajstić information content (AvgIpc) is 3.53. The van der Waals surface area contributed by atoms with Crippen molar-refractivity contribution >= 4 is 22.6 Å². The molecule has 2 N–H and O–H groups in total. The quantitative estimate of drug-likeness (QED) is 0.187. The Morgan fingerprint density at radius 3 is 2.08 bits per heavy atom. The number of fused-ring (bicyclic) bond motifs is 1. The first kappa shape index (κ1) is 39.3. The number of hydrogen-bond donors (Lipinski definition) is 2. The van der Waals surface area contributed by atoms with Crippen molar-refractivity contribution in [1.29, 1.82) is 0 Å². The Labute approximate surface area is 281 Å². The zero-order valence-electron chi connectivity index (χ0n) is 29.3. The maximum absolute atomic E-state index is 13.1. The molecule has 0 spiro atoms. The molecule has 0 fully saturated rings. The Morgan fingerprint density at radius 1 is 0.938 bits per heavy atom. The van der Waals surface area contributed by atoms with Crippen LogP contribution in [0.25, 0.3) is 28.0 Å². The number of benzene rings is 3. The van der Waals surface area contributed by atoms with E-state index in [0.29, 0.717) is 28.0 Å². The Balaban J connectivity index is 0.000000806. The second-order valence-electron chi connectivity index (χ2n) is 11.7. The van der Waals surface area contributed by atoms with Crippen LogP contribution in [0.2, 0.25) is 0 Å². The molecule has 0 aliphatic carbocycles. The molecule has 0 amide bonds. The number of anilines is 1. The molecule has 3 aromatic carbocycles. The monoisotopic (exact) mass is 667 g/mol. The molecule has 0 saturated carbocycles. The second-order valence-corrected chi connectivity index (χ2v) is 11.7. The average molecular weight is 668 g/mol. The predicted octanol–water partition coefficient (Wildman–Crippen LogP) is 11.0. The van der Waals surface area contributed by atoms with E-state index in [0.717, 1.165) is 43.1 Å². The molecule has 10 heteroatoms. The summed E-state index contributed by atoms with van der Waals surface area (Å²) < 4.78 is 42.7. The molecule has 1 atom stereocenters. The van der Waals surface area contributed by atoms with Crippen LogP contribution in [-0.4, -0.2) is 27.0 Å². The fourth-order valence-electron chi connectivity index (χ4n) is 4.29. The van der Waals surface area contributed by atoms with Crippen LogP contribution >= 0.6 is 0 Å². The summed E-state index contributed by atoms with van der Waals surface area (Å²) in [6.45, 7) is 17.3. The van der Waals surface area contributed by atoms with Gasteiger partial charge in [-0.3, -0.25) is 4.79 Å². The maximum atomic E-state index is 13.1. The van der Waals surface area contributed by atoms with E-state index < -0.39 is 17.6 Å². The SMILES string of the molecule is CC.CC.CC(C)(C)C(F)(F)F.Cc1ccc(-n2cc(-c3cc(=O)c4cc(C)cc(C(C)Nc5ccccc5C(=O)O)c4o3)cn2)cc1.[HH]. The summed E-state index contributed by atoms with van der Waals surface area (Å²) >= 11 is 0. The summed E-state index contributed by atoms with van der Waals surface area (Å²) in [5, 5.41) is 17.7. The molecule has 5 rings (SSSR count). The van der Waals surface area contributed by atoms with Gasteiger partial charge in [-0.2, -0.15) is 18.3 Å². The van der Waals surface area contributed by atoms with Crippen LogP contribution < -0.4 is 10.7 Å². The number of nitrogens with zero attached hydrogens (tertiary/aromatic N) is 2. The van der Waals surface area contributed by atoms with E-state index in [1.54, 1.807) is 35.1 Å². The molecule has 2 aromatic heterocycles. The Hall–Kier alpha value is -4.86. The first-order valence-electron chi connectivity index (χ1n) is 15.9. The number of aromatic carboxylic acids is 1. The summed E-state index contributed by atoms with van der Waals surface area (Å²) in [5.41, 5.74) is 3.81. The number of halogens is 3. The number of carboxylic acid groups (broad SMARTS) is 1. The zero-order chi connectivity index (χ0) is 36.4. The van der Waals surface area contributed by atoms with E-state index >= 15 is 0 Å². The van der Waals surface area contributed by atoms with Crippen molar-refractivity contribution in [2.24, 2.45) is 5.41 Å². The third-order valence-electron chi connectivity index (χ3n) is 7.01. The number of rotatable bonds is 6. The van der Waals surface area contributed by atoms with Crippen molar-refractivity contribution in [1.82, 2.24) is 9.78 Å². The number of hydrogen-bond acceptors (Lipinski definition) is 5. The van der Waals surface area contributed by atoms with Crippen molar-refractivity contribution in [3.8, 4) is 17.0 Å². The Morgan fingerprint density at radius 2 is 1.52 bits per heavy atom. The van der Waals surface area contributed by atoms with Crippen LogP contribution in [0.5, 0.6) is 0 Å². The largest absolute Gasteiger partial charge is 0.478 e. The normalized spacial score (nSPS) is 11.6. The molecule has 1 unspecified atom stereocenters. The molecule has 48 heavy (non-hydrogen) atoms. The number of para-hydroxylation sites is 1. The highest BCUT2D eigenvalue weighted by molar-refractivity contribution is 5.94. The number of carbonyl (C=O) groups is 1. The summed E-state index contributed by atoms with van der Waals surface area (Å²) in [6, 6.07) is 19.6. The van der Waals surface area contributed by atoms with Gasteiger partial charge >= 0.3 is 12.1 Å². The van der Waals surface area contributed by atoms with Gasteiger partial charge in [-0.1, -0.05) is 84.4 Å². The predicted molar refractivity (Wildman–Crippen MR) is 190 cm³/mol. The second kappa shape index (κ2) is 16.8. The molecule has 0 aliphatic heterocycles. The van der Waals surface area contributed by atoms with Crippen LogP contribution in [0.4, 0.5) is 18.9 Å². The van der Waals surface area contributed by atoms with Gasteiger partial charge in [0.1, 0.15) is 11.3 Å². The first-order valence-corrected chi connectivity index (χ1v) is 15.9. The van der Waals surface area contributed by atoms with Crippen molar-refractivity contribution in [2.45, 2.75) is 81.5 Å². The smallest absolute Gasteiger partial charge is 0.393 e. The van der Waals surface area contributed by atoms with E-state index in [2.05, 4.69) is 10.4 Å². The van der Waals surface area contributed by atoms with Crippen LogP contribution in [0.15, 0.2) is 88.3 Å². The number of nitrogens with one attached hydrogen (secondary N) is 1. The molecule has 7 nitrogen and oxygen atoms in total. The molecule has 0 bridgehead atoms. The minimum absolute atomic E-state index is 0. The van der Waals surface area contributed by atoms with Gasteiger partial charge in [-0.05, 0) is 56.7 Å². The van der Waals surface area contributed by atoms with Crippen molar-refractivity contribution < 1.29 is 28.9 Å². The van der Waals surface area contributed by atoms with Crippen LogP contribution in [0.3, 0.4) is 0 Å². The fourth-order valence-corrected chi connectivity index (χ4v) is 4.29. The Bertz CT molecular complexity index is 1850. The van der Waals surface area contributed by atoms with E-state index in [1.165, 1.54) is 6.07 Å². The standard InChI is InChI=1S/C29H25N3O4.C5H9F3.2C2H6.H2/c1-17-8-10-21(11-9-17)32-16-20(15-30-32)27-14-26(33)24-13-18(2)12-23(28(24)36-27)19(3)31-25-7-5-4-6-22(25)29(34)35;1-4(2,3)5(6,7)8;2*1-2;/h4-16,19,31H,1-3H3,(H,34,35);1-3H3;2*1-2H3;1H. The summed E-state index contributed by atoms with van der Waals surface area (Å²) in [7, 11) is 0. The first-order chi connectivity index (χ1) is 22.5. The number of alkyl halides is 3. The third-order valence-corrected chi connectivity index (χ3v) is 7.01. The van der Waals surface area contributed by atoms with Crippen LogP contribution in [0.1, 0.15) is 89.9 Å². The third kappa shape index (κ3) is 9.82. The van der Waals surface area contributed by atoms with Gasteiger partial charge in [0, 0.05) is 24.9 Å². The summed E-state index contributed by atoms with van der Waals surface area (Å²) in [6.07, 6.45) is -0.566. The van der Waals surface area contributed by atoms with Crippen molar-refractivity contribution in [3.63, 3.8) is 0 Å². The molecular formula is C38H48F3N3O4. The van der Waals surface area contributed by atoms with Gasteiger partial charge in [0.05, 0.1) is 39.9 Å². The molecular weight excluding hydrogens is 619 g/mol.